The minimum Gasteiger partial charge on any atom is -0.456 e. The summed E-state index contributed by atoms with van der Waals surface area (Å²) < 4.78 is 12.2. The first-order valence-corrected chi connectivity index (χ1v) is 17.5. The van der Waals surface area contributed by atoms with Crippen LogP contribution < -0.4 is 16.4 Å². The Morgan fingerprint density at radius 3 is 1.34 bits per heavy atom. The summed E-state index contributed by atoms with van der Waals surface area (Å²) in [6.07, 6.45) is 0. The fourth-order valence-electron chi connectivity index (χ4n) is 7.59. The molecule has 218 valence electrons. The zero-order valence-electron chi connectivity index (χ0n) is 25.0. The minimum absolute atomic E-state index is 0.206. The lowest BCUT2D eigenvalue weighted by Gasteiger charge is -2.33. The number of hydrogen-bond donors (Lipinski definition) is 0. The second-order valence-electron chi connectivity index (χ2n) is 12.4. The van der Waals surface area contributed by atoms with Crippen LogP contribution in [0.3, 0.4) is 0 Å². The van der Waals surface area contributed by atoms with Gasteiger partial charge in [0.15, 0.2) is 0 Å². The van der Waals surface area contributed by atoms with Crippen LogP contribution in [0.2, 0.25) is 0 Å². The van der Waals surface area contributed by atoms with Crippen molar-refractivity contribution in [1.82, 2.24) is 0 Å². The molecule has 11 rings (SSSR count). The normalized spacial score (nSPS) is 13.3. The second kappa shape index (κ2) is 9.71. The zero-order chi connectivity index (χ0) is 30.6. The monoisotopic (exact) mass is 634 g/mol. The molecule has 0 unspecified atom stereocenters. The Balaban J connectivity index is 1.02. The average molecular weight is 635 g/mol. The molecule has 47 heavy (non-hydrogen) atoms. The molecule has 4 heterocycles. The van der Waals surface area contributed by atoms with Crippen molar-refractivity contribution in [1.29, 1.82) is 0 Å². The van der Waals surface area contributed by atoms with Crippen molar-refractivity contribution in [2.45, 2.75) is 19.6 Å². The molecule has 0 saturated carbocycles. The van der Waals surface area contributed by atoms with Gasteiger partial charge in [-0.25, -0.2) is 0 Å². The third kappa shape index (κ3) is 3.84. The molecule has 9 aromatic rings. The highest BCUT2D eigenvalue weighted by Gasteiger charge is 2.38. The molecule has 0 N–H and O–H groups in total. The fraction of sp³-hybridized carbons (Fsp3) is 0. The van der Waals surface area contributed by atoms with Crippen LogP contribution >= 0.6 is 23.5 Å². The molecule has 0 aliphatic carbocycles. The molecule has 2 nitrogen and oxygen atoms in total. The summed E-state index contributed by atoms with van der Waals surface area (Å²) in [7, 11) is 0. The Hall–Kier alpha value is -5.10. The van der Waals surface area contributed by atoms with E-state index in [1.54, 1.807) is 0 Å². The van der Waals surface area contributed by atoms with Crippen LogP contribution in [0.1, 0.15) is 0 Å². The molecule has 0 saturated heterocycles. The largest absolute Gasteiger partial charge is 0.456 e. The van der Waals surface area contributed by atoms with Gasteiger partial charge in [0.05, 0.1) is 0 Å². The van der Waals surface area contributed by atoms with Gasteiger partial charge in [0.2, 0.25) is 6.71 Å². The van der Waals surface area contributed by atoms with E-state index in [0.717, 1.165) is 43.9 Å². The number of fused-ring (bicyclic) bond motifs is 10. The van der Waals surface area contributed by atoms with Crippen molar-refractivity contribution in [3.63, 3.8) is 0 Å². The van der Waals surface area contributed by atoms with Gasteiger partial charge >= 0.3 is 0 Å². The first-order chi connectivity index (χ1) is 23.2. The lowest BCUT2D eigenvalue weighted by atomic mass is 9.36. The lowest BCUT2D eigenvalue weighted by Crippen LogP contribution is -2.57. The van der Waals surface area contributed by atoms with Crippen LogP contribution in [-0.2, 0) is 0 Å². The van der Waals surface area contributed by atoms with E-state index in [9.17, 15) is 0 Å². The summed E-state index contributed by atoms with van der Waals surface area (Å²) in [6.45, 7) is 0.206. The summed E-state index contributed by atoms with van der Waals surface area (Å²) in [4.78, 5) is 5.36. The van der Waals surface area contributed by atoms with Crippen molar-refractivity contribution < 1.29 is 8.83 Å². The lowest BCUT2D eigenvalue weighted by molar-refractivity contribution is 0.668. The van der Waals surface area contributed by atoms with E-state index in [2.05, 4.69) is 115 Å². The smallest absolute Gasteiger partial charge is 0.247 e. The summed E-state index contributed by atoms with van der Waals surface area (Å²) in [5.41, 5.74) is 12.8. The van der Waals surface area contributed by atoms with Crippen LogP contribution in [0.5, 0.6) is 0 Å². The van der Waals surface area contributed by atoms with Crippen molar-refractivity contribution in [3.8, 4) is 22.3 Å². The molecule has 0 atom stereocenters. The Kier molecular flexibility index (Phi) is 5.38. The van der Waals surface area contributed by atoms with E-state index in [-0.39, 0.29) is 6.71 Å². The summed E-state index contributed by atoms with van der Waals surface area (Å²) in [5.74, 6) is 0. The van der Waals surface area contributed by atoms with Gasteiger partial charge in [-0.15, -0.1) is 0 Å². The standard InChI is InChI=1S/C42H23BO2S2/c1-3-8-34-28(6-1)30-20-24(14-18-36(30)44-34)26-12-16-32-40(22-26)46-38-10-5-11-39-42(38)43(32)33-17-13-27(23-41(33)47-39)25-15-19-37-31(21-25)29-7-2-4-9-35(29)45-37/h1-23H. The predicted octanol–water partition coefficient (Wildman–Crippen LogP) is 10.3. The molecular formula is C42H23BO2S2. The predicted molar refractivity (Wildman–Crippen MR) is 198 cm³/mol. The first-order valence-electron chi connectivity index (χ1n) is 15.8. The van der Waals surface area contributed by atoms with Gasteiger partial charge in [-0.05, 0) is 88.4 Å². The quantitative estimate of drug-likeness (QED) is 0.177. The Morgan fingerprint density at radius 1 is 0.362 bits per heavy atom. The Labute approximate surface area is 279 Å². The average Bonchev–Trinajstić information content (AvgIpc) is 3.68. The molecular weight excluding hydrogens is 611 g/mol. The molecule has 0 radical (unpaired) electrons. The highest BCUT2D eigenvalue weighted by atomic mass is 32.2. The van der Waals surface area contributed by atoms with Gasteiger partial charge in [-0.3, -0.25) is 0 Å². The summed E-state index contributed by atoms with van der Waals surface area (Å²) in [6, 6.07) is 50.6. The minimum atomic E-state index is 0.206. The van der Waals surface area contributed by atoms with Gasteiger partial charge < -0.3 is 8.83 Å². The highest BCUT2D eigenvalue weighted by molar-refractivity contribution is 8.01. The summed E-state index contributed by atoms with van der Waals surface area (Å²) in [5, 5.41) is 4.64. The molecule has 0 bridgehead atoms. The van der Waals surface area contributed by atoms with Crippen LogP contribution in [0.4, 0.5) is 0 Å². The highest BCUT2D eigenvalue weighted by Crippen LogP contribution is 2.41. The van der Waals surface area contributed by atoms with Gasteiger partial charge in [-0.1, -0.05) is 113 Å². The van der Waals surface area contributed by atoms with Crippen LogP contribution in [0, 0.1) is 0 Å². The third-order valence-corrected chi connectivity index (χ3v) is 12.1. The maximum atomic E-state index is 6.11. The number of hydrogen-bond acceptors (Lipinski definition) is 4. The van der Waals surface area contributed by atoms with Crippen molar-refractivity contribution >= 4 is 90.5 Å². The molecule has 0 fully saturated rings. The zero-order valence-corrected chi connectivity index (χ0v) is 26.6. The molecule has 2 aliphatic rings. The van der Waals surface area contributed by atoms with Crippen molar-refractivity contribution in [2.75, 3.05) is 0 Å². The summed E-state index contributed by atoms with van der Waals surface area (Å²) >= 11 is 3.81. The first kappa shape index (κ1) is 26.0. The topological polar surface area (TPSA) is 26.3 Å². The van der Waals surface area contributed by atoms with Gasteiger partial charge in [0.1, 0.15) is 22.3 Å². The Bertz CT molecular complexity index is 2590. The van der Waals surface area contributed by atoms with E-state index >= 15 is 0 Å². The van der Waals surface area contributed by atoms with E-state index < -0.39 is 0 Å². The molecule has 0 spiro atoms. The maximum absolute atomic E-state index is 6.11. The molecule has 2 aromatic heterocycles. The number of benzene rings is 7. The van der Waals surface area contributed by atoms with E-state index in [1.165, 1.54) is 58.2 Å². The van der Waals surface area contributed by atoms with Gasteiger partial charge in [0, 0.05) is 41.1 Å². The Morgan fingerprint density at radius 2 is 0.809 bits per heavy atom. The molecule has 2 aliphatic heterocycles. The number of rotatable bonds is 2. The van der Waals surface area contributed by atoms with Gasteiger partial charge in [0.25, 0.3) is 0 Å². The molecule has 7 aromatic carbocycles. The number of para-hydroxylation sites is 2. The van der Waals surface area contributed by atoms with Crippen LogP contribution in [-0.4, -0.2) is 6.71 Å². The third-order valence-electron chi connectivity index (χ3n) is 9.82. The molecule has 0 amide bonds. The van der Waals surface area contributed by atoms with Crippen molar-refractivity contribution in [3.05, 3.63) is 140 Å². The number of furan rings is 2. The van der Waals surface area contributed by atoms with Crippen molar-refractivity contribution in [2.24, 2.45) is 0 Å². The fourth-order valence-corrected chi connectivity index (χ4v) is 10.1. The second-order valence-corrected chi connectivity index (χ2v) is 14.6. The molecule has 5 heteroatoms. The van der Waals surface area contributed by atoms with E-state index in [1.807, 2.05) is 47.8 Å². The van der Waals surface area contributed by atoms with E-state index in [4.69, 9.17) is 8.83 Å². The van der Waals surface area contributed by atoms with Crippen LogP contribution in [0.15, 0.2) is 168 Å². The van der Waals surface area contributed by atoms with Gasteiger partial charge in [-0.2, -0.15) is 0 Å². The van der Waals surface area contributed by atoms with Crippen LogP contribution in [0.25, 0.3) is 66.1 Å². The van der Waals surface area contributed by atoms with E-state index in [0.29, 0.717) is 0 Å². The maximum Gasteiger partial charge on any atom is 0.247 e. The SMILES string of the molecule is c1cc2c3c(c1)Sc1cc(-c4ccc5oc6ccccc6c5c4)ccc1B3c1ccc(-c3ccc4oc5ccccc5c4c3)cc1S2.